The number of carbonyl (C=O) groups excluding carboxylic acids is 1. The summed E-state index contributed by atoms with van der Waals surface area (Å²) in [6.45, 7) is 13.9. The molecule has 4 aliphatic rings. The molecule has 0 aliphatic carbocycles. The van der Waals surface area contributed by atoms with Gasteiger partial charge in [-0.15, -0.1) is 22.7 Å². The molecule has 11 nitrogen and oxygen atoms in total. The summed E-state index contributed by atoms with van der Waals surface area (Å²) in [6, 6.07) is 34.3. The zero-order valence-electron chi connectivity index (χ0n) is 47.1. The van der Waals surface area contributed by atoms with E-state index in [1.807, 2.05) is 97.1 Å². The van der Waals surface area contributed by atoms with Gasteiger partial charge in [0.2, 0.25) is 0 Å². The third-order valence-corrected chi connectivity index (χ3v) is 19.2. The molecule has 0 amide bonds. The molecule has 428 valence electrons. The fourth-order valence-electron chi connectivity index (χ4n) is 12.3. The maximum absolute atomic E-state index is 16.8. The van der Waals surface area contributed by atoms with Crippen LogP contribution in [0.5, 0.6) is 34.5 Å². The van der Waals surface area contributed by atoms with Gasteiger partial charge in [-0.1, -0.05) is 0 Å². The number of ether oxygens (including phenoxy) is 6. The summed E-state index contributed by atoms with van der Waals surface area (Å²) in [7, 11) is 2.94. The topological polar surface area (TPSA) is 85.4 Å². The average Bonchev–Trinajstić information content (AvgIpc) is 3.27. The summed E-state index contributed by atoms with van der Waals surface area (Å²) in [5.41, 5.74) is 5.02. The Labute approximate surface area is 487 Å². The predicted octanol–water partition coefficient (Wildman–Crippen LogP) is 14.2. The highest BCUT2D eigenvalue weighted by molar-refractivity contribution is 7.23. The molecule has 0 N–H and O–H groups in total. The van der Waals surface area contributed by atoms with Gasteiger partial charge in [0.05, 0.1) is 23.6 Å². The van der Waals surface area contributed by atoms with E-state index in [-0.39, 0.29) is 17.3 Å². The minimum Gasteiger partial charge on any atom is -0.494 e. The molecule has 8 aromatic rings. The van der Waals surface area contributed by atoms with E-state index in [9.17, 15) is 0 Å². The molecule has 6 heterocycles. The first-order valence-electron chi connectivity index (χ1n) is 29.3. The number of nitrogens with zero attached hydrogens (tertiary/aromatic N) is 4. The number of fused-ring (bicyclic) bond motifs is 2. The van der Waals surface area contributed by atoms with Gasteiger partial charge in [0.25, 0.3) is 0 Å². The molecule has 0 bridgehead atoms. The quantitative estimate of drug-likeness (QED) is 0.0542. The highest BCUT2D eigenvalue weighted by Crippen LogP contribution is 2.52. The molecule has 82 heavy (non-hydrogen) atoms. The van der Waals surface area contributed by atoms with Gasteiger partial charge in [0.1, 0.15) is 49.4 Å². The van der Waals surface area contributed by atoms with Crippen LogP contribution in [-0.4, -0.2) is 145 Å². The highest BCUT2D eigenvalue weighted by atomic mass is 32.1. The summed E-state index contributed by atoms with van der Waals surface area (Å²) < 4.78 is 71.2. The molecule has 0 radical (unpaired) electrons. The Hall–Kier alpha value is -6.59. The van der Waals surface area contributed by atoms with Gasteiger partial charge in [-0.2, -0.15) is 0 Å². The van der Waals surface area contributed by atoms with Crippen molar-refractivity contribution in [2.75, 3.05) is 119 Å². The summed E-state index contributed by atoms with van der Waals surface area (Å²) in [6.07, 6.45) is 9.55. The van der Waals surface area contributed by atoms with E-state index >= 15 is 13.6 Å². The molecule has 4 fully saturated rings. The fourth-order valence-corrected chi connectivity index (χ4v) is 14.8. The Morgan fingerprint density at radius 1 is 0.427 bits per heavy atom. The first kappa shape index (κ1) is 55.9. The molecule has 0 unspecified atom stereocenters. The van der Waals surface area contributed by atoms with Crippen LogP contribution in [0.3, 0.4) is 0 Å². The van der Waals surface area contributed by atoms with E-state index in [4.69, 9.17) is 28.4 Å². The van der Waals surface area contributed by atoms with Crippen molar-refractivity contribution < 1.29 is 42.0 Å². The molecule has 0 saturated carbocycles. The zero-order valence-corrected chi connectivity index (χ0v) is 48.7. The van der Waals surface area contributed by atoms with Crippen LogP contribution in [0, 0.1) is 11.6 Å². The predicted molar refractivity (Wildman–Crippen MR) is 327 cm³/mol. The minimum absolute atomic E-state index is 0.129. The number of methoxy groups -OCH3 is 2. The van der Waals surface area contributed by atoms with Gasteiger partial charge in [-0.3, -0.25) is 24.4 Å². The molecule has 4 saturated heterocycles. The van der Waals surface area contributed by atoms with E-state index in [1.165, 1.54) is 88.3 Å². The largest absolute Gasteiger partial charge is 0.494 e. The fraction of sp³-hybridized carbons (Fsp3) is 0.388. The summed E-state index contributed by atoms with van der Waals surface area (Å²) >= 11 is 2.65. The van der Waals surface area contributed by atoms with E-state index < -0.39 is 11.6 Å². The molecule has 4 aliphatic heterocycles. The third kappa shape index (κ3) is 12.2. The van der Waals surface area contributed by atoms with Gasteiger partial charge >= 0.3 is 0 Å². The summed E-state index contributed by atoms with van der Waals surface area (Å²) in [5.74, 6) is 1.70. The van der Waals surface area contributed by atoms with Crippen molar-refractivity contribution >= 4 is 48.6 Å². The van der Waals surface area contributed by atoms with Gasteiger partial charge in [0.15, 0.2) is 28.9 Å². The van der Waals surface area contributed by atoms with Gasteiger partial charge in [0, 0.05) is 69.0 Å². The van der Waals surface area contributed by atoms with Crippen LogP contribution >= 0.6 is 22.7 Å². The Kier molecular flexibility index (Phi) is 17.7. The number of ketones is 1. The van der Waals surface area contributed by atoms with Crippen LogP contribution in [0.4, 0.5) is 8.78 Å². The van der Waals surface area contributed by atoms with Crippen LogP contribution in [0.2, 0.25) is 0 Å². The maximum Gasteiger partial charge on any atom is 0.194 e. The number of hydrogen-bond donors (Lipinski definition) is 0. The van der Waals surface area contributed by atoms with Crippen molar-refractivity contribution in [3.63, 3.8) is 0 Å². The first-order valence-corrected chi connectivity index (χ1v) is 31.0. The van der Waals surface area contributed by atoms with E-state index in [0.29, 0.717) is 91.5 Å². The van der Waals surface area contributed by atoms with Crippen LogP contribution in [0.25, 0.3) is 63.3 Å². The van der Waals surface area contributed by atoms with Crippen molar-refractivity contribution in [1.29, 1.82) is 0 Å². The second-order valence-corrected chi connectivity index (χ2v) is 24.0. The van der Waals surface area contributed by atoms with Crippen LogP contribution in [0.15, 0.2) is 109 Å². The standard InChI is InChI=1S/C67H72F2N4O7S2/c1-75-57-25-23-53-59(64(81-66(53)61(57)68)45-11-15-47(16-12-45)77-39-35-70-27-3-4-28-70)55-43-49(79-41-37-72-31-7-8-32-72)19-21-51(55)63(74)52-22-20-50(80-42-38-73-33-9-10-34-73)44-56(52)60-54-24-26-58(76-2)62(69)67(54)82-65(60)46-13-17-48(18-14-46)78-40-36-71-29-5-6-30-71/h11-26,43-44H,3-10,27-42H2,1-2H3. The minimum atomic E-state index is -0.477. The summed E-state index contributed by atoms with van der Waals surface area (Å²) in [4.78, 5) is 27.6. The molecule has 15 heteroatoms. The normalized spacial score (nSPS) is 16.2. The lowest BCUT2D eigenvalue weighted by Crippen LogP contribution is -2.25. The highest BCUT2D eigenvalue weighted by Gasteiger charge is 2.30. The van der Waals surface area contributed by atoms with E-state index in [0.717, 1.165) is 111 Å². The van der Waals surface area contributed by atoms with Gasteiger partial charge < -0.3 is 28.4 Å². The van der Waals surface area contributed by atoms with Crippen molar-refractivity contribution in [3.05, 3.63) is 132 Å². The van der Waals surface area contributed by atoms with Crippen molar-refractivity contribution in [3.8, 4) is 77.6 Å². The van der Waals surface area contributed by atoms with Gasteiger partial charge in [-0.25, -0.2) is 8.78 Å². The molecule has 2 aromatic heterocycles. The Morgan fingerprint density at radius 3 is 1.07 bits per heavy atom. The van der Waals surface area contributed by atoms with Crippen LogP contribution in [-0.2, 0) is 0 Å². The Morgan fingerprint density at radius 2 is 0.744 bits per heavy atom. The number of carbonyl (C=O) groups is 1. The lowest BCUT2D eigenvalue weighted by molar-refractivity contribution is 0.104. The molecule has 0 spiro atoms. The molecule has 12 rings (SSSR count). The number of hydrogen-bond acceptors (Lipinski definition) is 13. The number of likely N-dealkylation sites (tertiary alicyclic amines) is 4. The smallest absolute Gasteiger partial charge is 0.194 e. The van der Waals surface area contributed by atoms with E-state index in [1.54, 1.807) is 12.1 Å². The number of rotatable bonds is 24. The lowest BCUT2D eigenvalue weighted by atomic mass is 9.87. The maximum atomic E-state index is 16.8. The Bertz CT molecular complexity index is 3280. The SMILES string of the molecule is COc1ccc2c(-c3cc(OCCN4CCCC4)ccc3C(=O)c3ccc(OCCN4CCCC4)cc3-c3c(-c4ccc(OCCN5CCCC5)cc4)sc4c(F)c(OC)ccc34)c(-c3ccc(OCCN4CCCC4)cc3)sc2c1F. The van der Waals surface area contributed by atoms with Crippen LogP contribution in [0.1, 0.15) is 67.3 Å². The number of benzene rings is 6. The van der Waals surface area contributed by atoms with Crippen molar-refractivity contribution in [2.45, 2.75) is 51.4 Å². The van der Waals surface area contributed by atoms with Gasteiger partial charge in [-0.05, 0) is 235 Å². The summed E-state index contributed by atoms with van der Waals surface area (Å²) in [5, 5.41) is 1.27. The first-order chi connectivity index (χ1) is 40.3. The molecular formula is C67H72F2N4O7S2. The Balaban J connectivity index is 0.989. The van der Waals surface area contributed by atoms with Crippen LogP contribution < -0.4 is 28.4 Å². The average molecular weight is 1150 g/mol. The second kappa shape index (κ2) is 25.9. The third-order valence-electron chi connectivity index (χ3n) is 16.7. The second-order valence-electron chi connectivity index (χ2n) is 21.9. The molecular weight excluding hydrogens is 1070 g/mol. The molecule has 0 atom stereocenters. The van der Waals surface area contributed by atoms with Crippen molar-refractivity contribution in [1.82, 2.24) is 19.6 Å². The van der Waals surface area contributed by atoms with Crippen molar-refractivity contribution in [2.24, 2.45) is 0 Å². The lowest BCUT2D eigenvalue weighted by Gasteiger charge is -2.19. The zero-order chi connectivity index (χ0) is 55.9. The number of halogens is 2. The number of thiophene rings is 2. The molecule has 6 aromatic carbocycles. The van der Waals surface area contributed by atoms with E-state index in [2.05, 4.69) is 19.6 Å². The monoisotopic (exact) mass is 1150 g/mol.